The first-order valence-electron chi connectivity index (χ1n) is 12.4. The zero-order chi connectivity index (χ0) is 25.2. The molecule has 3 aromatic carbocycles. The summed E-state index contributed by atoms with van der Waals surface area (Å²) >= 11 is 8.14. The van der Waals surface area contributed by atoms with Gasteiger partial charge in [0.2, 0.25) is 0 Å². The van der Waals surface area contributed by atoms with Crippen LogP contribution in [0.2, 0.25) is 5.02 Å². The van der Waals surface area contributed by atoms with E-state index in [4.69, 9.17) is 11.6 Å². The summed E-state index contributed by atoms with van der Waals surface area (Å²) in [7, 11) is 4.21. The summed E-state index contributed by atoms with van der Waals surface area (Å²) in [6.07, 6.45) is 3.79. The molecule has 0 saturated heterocycles. The van der Waals surface area contributed by atoms with Gasteiger partial charge in [0.15, 0.2) is 0 Å². The van der Waals surface area contributed by atoms with Crippen LogP contribution in [0, 0.1) is 5.82 Å². The highest BCUT2D eigenvalue weighted by molar-refractivity contribution is 7.21. The van der Waals surface area contributed by atoms with Crippen molar-refractivity contribution in [2.75, 3.05) is 14.1 Å². The Bertz CT molecular complexity index is 1360. The van der Waals surface area contributed by atoms with E-state index >= 15 is 4.39 Å². The molecule has 0 unspecified atom stereocenters. The molecular weight excluding hydrogens is 491 g/mol. The predicted octanol–water partition coefficient (Wildman–Crippen LogP) is 7.88. The Kier molecular flexibility index (Phi) is 7.42. The number of benzene rings is 3. The number of hydrogen-bond donors (Lipinski definition) is 0. The van der Waals surface area contributed by atoms with Crippen LogP contribution in [0.5, 0.6) is 0 Å². The van der Waals surface area contributed by atoms with E-state index in [1.165, 1.54) is 17.4 Å². The van der Waals surface area contributed by atoms with E-state index in [1.807, 2.05) is 65.6 Å². The molecular formula is C30H30ClFN2OS. The van der Waals surface area contributed by atoms with E-state index in [1.54, 1.807) is 6.07 Å². The van der Waals surface area contributed by atoms with Crippen LogP contribution in [0.25, 0.3) is 21.2 Å². The third-order valence-corrected chi connectivity index (χ3v) is 8.98. The Morgan fingerprint density at radius 2 is 1.58 bits per heavy atom. The first kappa shape index (κ1) is 24.9. The molecule has 0 atom stereocenters. The molecule has 1 fully saturated rings. The number of fused-ring (bicyclic) bond motifs is 1. The molecule has 1 aliphatic rings. The minimum absolute atomic E-state index is 0.0368. The molecule has 0 N–H and O–H groups in total. The third kappa shape index (κ3) is 5.06. The molecule has 5 rings (SSSR count). The first-order valence-corrected chi connectivity index (χ1v) is 13.6. The van der Waals surface area contributed by atoms with Gasteiger partial charge in [-0.3, -0.25) is 4.79 Å². The van der Waals surface area contributed by atoms with Crippen molar-refractivity contribution in [3.63, 3.8) is 0 Å². The molecule has 1 amide bonds. The summed E-state index contributed by atoms with van der Waals surface area (Å²) in [5.41, 5.74) is 2.49. The minimum atomic E-state index is -0.295. The molecule has 0 radical (unpaired) electrons. The van der Waals surface area contributed by atoms with Crippen LogP contribution >= 0.6 is 22.9 Å². The second kappa shape index (κ2) is 10.7. The van der Waals surface area contributed by atoms with Crippen molar-refractivity contribution in [3.8, 4) is 11.1 Å². The van der Waals surface area contributed by atoms with Crippen molar-refractivity contribution in [1.82, 2.24) is 9.80 Å². The van der Waals surface area contributed by atoms with Crippen LogP contribution in [-0.4, -0.2) is 41.9 Å². The molecule has 6 heteroatoms. The van der Waals surface area contributed by atoms with Gasteiger partial charge in [-0.25, -0.2) is 4.39 Å². The van der Waals surface area contributed by atoms with E-state index < -0.39 is 0 Å². The second-order valence-electron chi connectivity index (χ2n) is 9.77. The fourth-order valence-electron chi connectivity index (χ4n) is 5.22. The number of carbonyl (C=O) groups is 1. The normalized spacial score (nSPS) is 18.0. The van der Waals surface area contributed by atoms with Crippen molar-refractivity contribution < 1.29 is 9.18 Å². The summed E-state index contributed by atoms with van der Waals surface area (Å²) < 4.78 is 16.1. The van der Waals surface area contributed by atoms with Crippen molar-refractivity contribution in [2.24, 2.45) is 0 Å². The first-order chi connectivity index (χ1) is 17.4. The Morgan fingerprint density at radius 3 is 2.28 bits per heavy atom. The molecule has 1 heterocycles. The number of thiophene rings is 1. The fourth-order valence-corrected chi connectivity index (χ4v) is 6.69. The van der Waals surface area contributed by atoms with Crippen LogP contribution in [0.4, 0.5) is 4.39 Å². The van der Waals surface area contributed by atoms with Gasteiger partial charge in [0.05, 0.1) is 5.02 Å². The molecule has 1 saturated carbocycles. The summed E-state index contributed by atoms with van der Waals surface area (Å²) in [4.78, 5) is 18.7. The molecule has 4 aromatic rings. The molecule has 186 valence electrons. The van der Waals surface area contributed by atoms with Crippen LogP contribution in [-0.2, 0) is 6.54 Å². The number of hydrogen-bond acceptors (Lipinski definition) is 3. The molecule has 1 aromatic heterocycles. The summed E-state index contributed by atoms with van der Waals surface area (Å²) in [5, 5.41) is 1.38. The van der Waals surface area contributed by atoms with Crippen LogP contribution in [0.1, 0.15) is 40.9 Å². The Labute approximate surface area is 221 Å². The SMILES string of the molecule is CN(C)C1CCC(N(Cc2cc(-c3ccccc3)ccc2F)C(=O)c2sc3ccccc3c2Cl)CC1. The number of nitrogens with zero attached hydrogens (tertiary/aromatic N) is 2. The van der Waals surface area contributed by atoms with Gasteiger partial charge in [-0.2, -0.15) is 0 Å². The van der Waals surface area contributed by atoms with Gasteiger partial charge in [-0.05, 0) is 69.1 Å². The lowest BCUT2D eigenvalue weighted by Gasteiger charge is -2.39. The van der Waals surface area contributed by atoms with Crippen LogP contribution < -0.4 is 0 Å². The Balaban J connectivity index is 1.50. The number of amides is 1. The van der Waals surface area contributed by atoms with E-state index in [9.17, 15) is 4.79 Å². The number of halogens is 2. The van der Waals surface area contributed by atoms with Crippen molar-refractivity contribution in [2.45, 2.75) is 44.3 Å². The highest BCUT2D eigenvalue weighted by Gasteiger charge is 2.32. The van der Waals surface area contributed by atoms with Gasteiger partial charge in [-0.15, -0.1) is 11.3 Å². The fraction of sp³-hybridized carbons (Fsp3) is 0.300. The van der Waals surface area contributed by atoms with Gasteiger partial charge < -0.3 is 9.80 Å². The largest absolute Gasteiger partial charge is 0.330 e. The van der Waals surface area contributed by atoms with Crippen molar-refractivity contribution >= 4 is 38.9 Å². The van der Waals surface area contributed by atoms with Gasteiger partial charge in [0.25, 0.3) is 5.91 Å². The summed E-state index contributed by atoms with van der Waals surface area (Å²) in [6, 6.07) is 23.5. The van der Waals surface area contributed by atoms with Crippen LogP contribution in [0.15, 0.2) is 72.8 Å². The van der Waals surface area contributed by atoms with Gasteiger partial charge in [-0.1, -0.05) is 66.2 Å². The monoisotopic (exact) mass is 520 g/mol. The predicted molar refractivity (Wildman–Crippen MR) is 148 cm³/mol. The van der Waals surface area contributed by atoms with E-state index in [0.717, 1.165) is 46.9 Å². The van der Waals surface area contributed by atoms with Crippen LogP contribution in [0.3, 0.4) is 0 Å². The second-order valence-corrected chi connectivity index (χ2v) is 11.2. The average molecular weight is 521 g/mol. The third-order valence-electron chi connectivity index (χ3n) is 7.32. The number of rotatable bonds is 6. The highest BCUT2D eigenvalue weighted by Crippen LogP contribution is 2.38. The lowest BCUT2D eigenvalue weighted by Crippen LogP contribution is -2.44. The maximum Gasteiger partial charge on any atom is 0.266 e. The highest BCUT2D eigenvalue weighted by atomic mass is 35.5. The lowest BCUT2D eigenvalue weighted by molar-refractivity contribution is 0.0572. The lowest BCUT2D eigenvalue weighted by atomic mass is 9.89. The number of carbonyl (C=O) groups excluding carboxylic acids is 1. The van der Waals surface area contributed by atoms with Gasteiger partial charge in [0.1, 0.15) is 10.7 Å². The van der Waals surface area contributed by atoms with E-state index in [0.29, 0.717) is 21.5 Å². The molecule has 0 aliphatic heterocycles. The summed E-state index contributed by atoms with van der Waals surface area (Å²) in [5.74, 6) is -0.407. The maximum atomic E-state index is 15.1. The molecule has 3 nitrogen and oxygen atoms in total. The zero-order valence-electron chi connectivity index (χ0n) is 20.6. The molecule has 1 aliphatic carbocycles. The van der Waals surface area contributed by atoms with Gasteiger partial charge in [0, 0.05) is 34.3 Å². The van der Waals surface area contributed by atoms with E-state index in [-0.39, 0.29) is 24.3 Å². The minimum Gasteiger partial charge on any atom is -0.330 e. The molecule has 36 heavy (non-hydrogen) atoms. The smallest absolute Gasteiger partial charge is 0.266 e. The van der Waals surface area contributed by atoms with Crippen molar-refractivity contribution in [3.05, 3.63) is 94.1 Å². The Morgan fingerprint density at radius 1 is 0.917 bits per heavy atom. The van der Waals surface area contributed by atoms with Gasteiger partial charge >= 0.3 is 0 Å². The van der Waals surface area contributed by atoms with Crippen molar-refractivity contribution in [1.29, 1.82) is 0 Å². The Hall–Kier alpha value is -2.73. The quantitative estimate of drug-likeness (QED) is 0.258. The standard InChI is InChI=1S/C30H30ClFN2OS/c1-33(2)23-13-15-24(16-14-23)34(30(35)29-28(31)25-10-6-7-11-27(25)36-29)19-22-18-21(12-17-26(22)32)20-8-4-3-5-9-20/h3-12,17-18,23-24H,13-16,19H2,1-2H3. The average Bonchev–Trinajstić information content (AvgIpc) is 3.25. The zero-order valence-corrected chi connectivity index (χ0v) is 22.2. The topological polar surface area (TPSA) is 23.6 Å². The summed E-state index contributed by atoms with van der Waals surface area (Å²) in [6.45, 7) is 0.215. The maximum absolute atomic E-state index is 15.1. The molecule has 0 spiro atoms. The molecule has 0 bridgehead atoms. The van der Waals surface area contributed by atoms with E-state index in [2.05, 4.69) is 19.0 Å².